The maximum absolute atomic E-state index is 13.7. The second-order valence-electron chi connectivity index (χ2n) is 10.7. The van der Waals surface area contributed by atoms with E-state index in [0.717, 1.165) is 42.4 Å². The number of amides is 1. The molecule has 0 radical (unpaired) electrons. The first-order valence-electron chi connectivity index (χ1n) is 14.4. The van der Waals surface area contributed by atoms with E-state index in [2.05, 4.69) is 4.90 Å². The number of hydrogen-bond acceptors (Lipinski definition) is 7. The van der Waals surface area contributed by atoms with Crippen LogP contribution < -0.4 is 0 Å². The predicted molar refractivity (Wildman–Crippen MR) is 147 cm³/mol. The molecule has 3 aliphatic heterocycles. The molecule has 5 rings (SSSR count). The highest BCUT2D eigenvalue weighted by atomic mass is 16.7. The van der Waals surface area contributed by atoms with Gasteiger partial charge in [-0.3, -0.25) is 14.2 Å². The number of aromatic nitrogens is 1. The summed E-state index contributed by atoms with van der Waals surface area (Å²) in [5, 5.41) is 9.93. The summed E-state index contributed by atoms with van der Waals surface area (Å²) >= 11 is 0. The standard InChI is InChI=1S/C30H41N3O6/c1-22(35)33-21-26(25-7-3-4-8-27(25)33)23-19-28(39-29(20-23)38-18-17-37-16-15-34)30(36)32-13-9-24(10-14-32)31-11-5-2-6-12-31/h3-4,7-8,19,21,23-24,29,34H,2,5-6,9-18,20H2,1H3/t23-,29+/m1/s1. The fourth-order valence-electron chi connectivity index (χ4n) is 6.17. The minimum atomic E-state index is -0.623. The molecule has 2 atom stereocenters. The van der Waals surface area contributed by atoms with Crippen LogP contribution >= 0.6 is 0 Å². The van der Waals surface area contributed by atoms with Crippen LogP contribution in [0, 0.1) is 0 Å². The fourth-order valence-corrected chi connectivity index (χ4v) is 6.17. The third-order valence-corrected chi connectivity index (χ3v) is 8.18. The molecule has 0 spiro atoms. The highest BCUT2D eigenvalue weighted by molar-refractivity contribution is 5.95. The Bertz CT molecular complexity index is 1160. The summed E-state index contributed by atoms with van der Waals surface area (Å²) in [5.74, 6) is -0.00603. The van der Waals surface area contributed by atoms with Gasteiger partial charge in [0.05, 0.1) is 31.9 Å². The second kappa shape index (κ2) is 13.1. The number of carbonyl (C=O) groups is 2. The molecule has 1 amide bonds. The number of piperidine rings is 2. The van der Waals surface area contributed by atoms with Gasteiger partial charge in [0.2, 0.25) is 12.2 Å². The van der Waals surface area contributed by atoms with Crippen LogP contribution in [0.15, 0.2) is 42.3 Å². The Morgan fingerprint density at radius 2 is 1.79 bits per heavy atom. The van der Waals surface area contributed by atoms with Crippen molar-refractivity contribution in [2.24, 2.45) is 0 Å². The molecule has 1 aromatic carbocycles. The Kier molecular flexibility index (Phi) is 9.34. The minimum absolute atomic E-state index is 0.0436. The van der Waals surface area contributed by atoms with Crippen molar-refractivity contribution in [1.29, 1.82) is 0 Å². The number of nitrogens with zero attached hydrogens (tertiary/aromatic N) is 3. The van der Waals surface area contributed by atoms with Crippen LogP contribution in [0.4, 0.5) is 0 Å². The van der Waals surface area contributed by atoms with Crippen LogP contribution in [0.2, 0.25) is 0 Å². The van der Waals surface area contributed by atoms with E-state index < -0.39 is 6.29 Å². The number of carbonyl (C=O) groups excluding carboxylic acids is 2. The number of likely N-dealkylation sites (tertiary alicyclic amines) is 2. The van der Waals surface area contributed by atoms with Gasteiger partial charge in [0.1, 0.15) is 0 Å². The summed E-state index contributed by atoms with van der Waals surface area (Å²) in [4.78, 5) is 30.6. The van der Waals surface area contributed by atoms with Gasteiger partial charge in [0, 0.05) is 50.0 Å². The maximum atomic E-state index is 13.7. The predicted octanol–water partition coefficient (Wildman–Crippen LogP) is 3.52. The van der Waals surface area contributed by atoms with Crippen molar-refractivity contribution in [3.8, 4) is 0 Å². The van der Waals surface area contributed by atoms with Crippen molar-refractivity contribution in [3.63, 3.8) is 0 Å². The van der Waals surface area contributed by atoms with Crippen molar-refractivity contribution in [2.75, 3.05) is 52.6 Å². The Morgan fingerprint density at radius 3 is 2.54 bits per heavy atom. The molecule has 39 heavy (non-hydrogen) atoms. The summed E-state index contributed by atoms with van der Waals surface area (Å²) in [5.41, 5.74) is 1.82. The van der Waals surface area contributed by atoms with Crippen LogP contribution in [0.3, 0.4) is 0 Å². The number of fused-ring (bicyclic) bond motifs is 1. The average Bonchev–Trinajstić information content (AvgIpc) is 3.37. The van der Waals surface area contributed by atoms with Crippen molar-refractivity contribution >= 4 is 22.7 Å². The van der Waals surface area contributed by atoms with Gasteiger partial charge in [-0.25, -0.2) is 0 Å². The SMILES string of the molecule is CC(=O)n1cc([C@@H]2C=C(C(=O)N3CCC(N4CCCCC4)CC3)O[C@H](OCCOCCO)C2)c2ccccc21. The van der Waals surface area contributed by atoms with Crippen molar-refractivity contribution in [2.45, 2.75) is 63.7 Å². The molecule has 4 heterocycles. The van der Waals surface area contributed by atoms with E-state index in [1.165, 1.54) is 32.4 Å². The Balaban J connectivity index is 1.34. The van der Waals surface area contributed by atoms with E-state index in [1.54, 1.807) is 11.5 Å². The number of ether oxygens (including phenoxy) is 3. The van der Waals surface area contributed by atoms with Crippen LogP contribution in [-0.2, 0) is 19.0 Å². The lowest BCUT2D eigenvalue weighted by Crippen LogP contribution is -2.49. The first-order valence-corrected chi connectivity index (χ1v) is 14.4. The number of aliphatic hydroxyl groups excluding tert-OH is 1. The number of hydrogen-bond donors (Lipinski definition) is 1. The fraction of sp³-hybridized carbons (Fsp3) is 0.600. The van der Waals surface area contributed by atoms with Crippen LogP contribution in [-0.4, -0.2) is 96.2 Å². The number of rotatable bonds is 9. The molecule has 0 aliphatic carbocycles. The third kappa shape index (κ3) is 6.54. The van der Waals surface area contributed by atoms with E-state index in [4.69, 9.17) is 19.3 Å². The first kappa shape index (κ1) is 27.8. The lowest BCUT2D eigenvalue weighted by Gasteiger charge is -2.40. The van der Waals surface area contributed by atoms with Gasteiger partial charge < -0.3 is 29.1 Å². The van der Waals surface area contributed by atoms with Gasteiger partial charge in [-0.05, 0) is 56.5 Å². The van der Waals surface area contributed by atoms with Gasteiger partial charge in [-0.15, -0.1) is 0 Å². The number of allylic oxidation sites excluding steroid dienone is 1. The molecule has 1 aromatic heterocycles. The van der Waals surface area contributed by atoms with E-state index >= 15 is 0 Å². The highest BCUT2D eigenvalue weighted by Crippen LogP contribution is 2.37. The number of para-hydroxylation sites is 1. The van der Waals surface area contributed by atoms with Crippen LogP contribution in [0.25, 0.3) is 10.9 Å². The Hall–Kier alpha value is -2.72. The molecule has 1 N–H and O–H groups in total. The van der Waals surface area contributed by atoms with E-state index in [9.17, 15) is 9.59 Å². The zero-order valence-electron chi connectivity index (χ0n) is 22.9. The number of benzene rings is 1. The largest absolute Gasteiger partial charge is 0.459 e. The molecule has 9 nitrogen and oxygen atoms in total. The lowest BCUT2D eigenvalue weighted by atomic mass is 9.92. The summed E-state index contributed by atoms with van der Waals surface area (Å²) in [7, 11) is 0. The van der Waals surface area contributed by atoms with E-state index in [0.29, 0.717) is 24.8 Å². The van der Waals surface area contributed by atoms with Crippen LogP contribution in [0.1, 0.15) is 61.7 Å². The monoisotopic (exact) mass is 539 g/mol. The van der Waals surface area contributed by atoms with Crippen molar-refractivity contribution < 1.29 is 28.9 Å². The van der Waals surface area contributed by atoms with Gasteiger partial charge in [0.25, 0.3) is 5.91 Å². The lowest BCUT2D eigenvalue weighted by molar-refractivity contribution is -0.157. The molecular formula is C30H41N3O6. The third-order valence-electron chi connectivity index (χ3n) is 8.18. The second-order valence-corrected chi connectivity index (χ2v) is 10.7. The quantitative estimate of drug-likeness (QED) is 0.488. The van der Waals surface area contributed by atoms with E-state index in [1.807, 2.05) is 41.4 Å². The topological polar surface area (TPSA) is 93.5 Å². The highest BCUT2D eigenvalue weighted by Gasteiger charge is 2.34. The van der Waals surface area contributed by atoms with Gasteiger partial charge in [0.15, 0.2) is 5.76 Å². The molecule has 0 unspecified atom stereocenters. The molecule has 212 valence electrons. The van der Waals surface area contributed by atoms with Crippen LogP contribution in [0.5, 0.6) is 0 Å². The minimum Gasteiger partial charge on any atom is -0.459 e. The zero-order chi connectivity index (χ0) is 27.2. The molecule has 2 aromatic rings. The summed E-state index contributed by atoms with van der Waals surface area (Å²) in [6, 6.07) is 8.39. The van der Waals surface area contributed by atoms with Gasteiger partial charge in [-0.2, -0.15) is 0 Å². The number of aliphatic hydroxyl groups is 1. The van der Waals surface area contributed by atoms with Crippen molar-refractivity contribution in [1.82, 2.24) is 14.4 Å². The van der Waals surface area contributed by atoms with E-state index in [-0.39, 0.29) is 37.6 Å². The molecule has 0 saturated carbocycles. The van der Waals surface area contributed by atoms with Gasteiger partial charge in [-0.1, -0.05) is 24.6 Å². The molecule has 2 fully saturated rings. The molecule has 0 bridgehead atoms. The normalized spacial score (nSPS) is 23.0. The Labute approximate surface area is 230 Å². The molecule has 2 saturated heterocycles. The summed E-state index contributed by atoms with van der Waals surface area (Å²) in [6.45, 7) is 6.15. The zero-order valence-corrected chi connectivity index (χ0v) is 22.9. The first-order chi connectivity index (χ1) is 19.0. The molecule has 3 aliphatic rings. The maximum Gasteiger partial charge on any atom is 0.288 e. The van der Waals surface area contributed by atoms with Gasteiger partial charge >= 0.3 is 0 Å². The summed E-state index contributed by atoms with van der Waals surface area (Å²) < 4.78 is 19.1. The molecular weight excluding hydrogens is 498 g/mol. The Morgan fingerprint density at radius 1 is 1.03 bits per heavy atom. The van der Waals surface area contributed by atoms with Crippen molar-refractivity contribution in [3.05, 3.63) is 47.9 Å². The smallest absolute Gasteiger partial charge is 0.288 e. The average molecular weight is 540 g/mol. The summed E-state index contributed by atoms with van der Waals surface area (Å²) in [6.07, 6.45) is 9.51. The molecule has 9 heteroatoms.